The maximum Gasteiger partial charge on any atom is 0.267 e. The Balaban J connectivity index is 2.08. The number of H-pyrrole nitrogens is 1. The van der Waals surface area contributed by atoms with E-state index < -0.39 is 5.91 Å². The molecule has 0 bridgehead atoms. The highest BCUT2D eigenvalue weighted by molar-refractivity contribution is 6.54. The molecule has 1 aliphatic rings. The van der Waals surface area contributed by atoms with E-state index in [1.54, 1.807) is 0 Å². The zero-order valence-electron chi connectivity index (χ0n) is 13.6. The lowest BCUT2D eigenvalue weighted by molar-refractivity contribution is -0.111. The van der Waals surface area contributed by atoms with Crippen LogP contribution in [0, 0.1) is 5.41 Å². The Bertz CT molecular complexity index is 1060. The maximum absolute atomic E-state index is 11.5. The number of hydrogen-bond acceptors (Lipinski definition) is 5. The van der Waals surface area contributed by atoms with Gasteiger partial charge in [0, 0.05) is 22.5 Å². The first-order chi connectivity index (χ1) is 12.1. The number of aromatic amines is 1. The maximum atomic E-state index is 11.5. The standard InChI is InChI=1S/C18H18N6O/c19-7-11(16(20)18(21)25)17-10-4-2-1-3-9(10)15-12-8-22-24-13(12)5-6-14(15)23-17/h5-8,20H,1-4,19H2,(H2,21,25)(H,22,24)/b11-7+,20-16?. The number of nitrogens with two attached hydrogens (primary N) is 2. The fourth-order valence-corrected chi connectivity index (χ4v) is 3.68. The monoisotopic (exact) mass is 334 g/mol. The molecule has 4 rings (SSSR count). The first kappa shape index (κ1) is 15.3. The van der Waals surface area contributed by atoms with Crippen molar-refractivity contribution in [2.75, 3.05) is 0 Å². The Kier molecular flexibility index (Phi) is 3.49. The number of carbonyl (C=O) groups excluding carboxylic acids is 1. The number of benzene rings is 1. The quantitative estimate of drug-likeness (QED) is 0.543. The third kappa shape index (κ3) is 2.27. The molecule has 0 spiro atoms. The molecule has 6 N–H and O–H groups in total. The molecule has 2 aromatic heterocycles. The molecule has 0 saturated carbocycles. The van der Waals surface area contributed by atoms with Gasteiger partial charge in [0.2, 0.25) is 0 Å². The minimum atomic E-state index is -0.812. The van der Waals surface area contributed by atoms with Crippen LogP contribution in [0.1, 0.15) is 29.7 Å². The van der Waals surface area contributed by atoms with Crippen molar-refractivity contribution in [1.82, 2.24) is 15.2 Å². The van der Waals surface area contributed by atoms with Crippen LogP contribution in [0.5, 0.6) is 0 Å². The fourth-order valence-electron chi connectivity index (χ4n) is 3.68. The van der Waals surface area contributed by atoms with E-state index in [4.69, 9.17) is 21.9 Å². The van der Waals surface area contributed by atoms with Crippen molar-refractivity contribution in [3.8, 4) is 0 Å². The zero-order chi connectivity index (χ0) is 17.6. The molecule has 0 atom stereocenters. The number of primary amides is 1. The summed E-state index contributed by atoms with van der Waals surface area (Å²) in [5, 5.41) is 17.3. The molecule has 0 aliphatic heterocycles. The minimum Gasteiger partial charge on any atom is -0.404 e. The third-order valence-corrected chi connectivity index (χ3v) is 4.83. The van der Waals surface area contributed by atoms with E-state index in [2.05, 4.69) is 10.2 Å². The lowest BCUT2D eigenvalue weighted by Gasteiger charge is -2.22. The topological polar surface area (TPSA) is 135 Å². The Labute approximate surface area is 143 Å². The van der Waals surface area contributed by atoms with Gasteiger partial charge in [-0.15, -0.1) is 0 Å². The number of aryl methyl sites for hydroxylation is 1. The number of nitrogens with one attached hydrogen (secondary N) is 2. The molecule has 3 aromatic rings. The summed E-state index contributed by atoms with van der Waals surface area (Å²) in [4.78, 5) is 16.3. The second-order valence-electron chi connectivity index (χ2n) is 6.24. The van der Waals surface area contributed by atoms with Crippen molar-refractivity contribution in [3.05, 3.63) is 41.4 Å². The predicted molar refractivity (Wildman–Crippen MR) is 97.1 cm³/mol. The summed E-state index contributed by atoms with van der Waals surface area (Å²) < 4.78 is 0. The van der Waals surface area contributed by atoms with Crippen LogP contribution < -0.4 is 11.5 Å². The summed E-state index contributed by atoms with van der Waals surface area (Å²) in [6, 6.07) is 3.86. The summed E-state index contributed by atoms with van der Waals surface area (Å²) in [5.74, 6) is -0.812. The summed E-state index contributed by atoms with van der Waals surface area (Å²) in [7, 11) is 0. The molecule has 0 fully saturated rings. The highest BCUT2D eigenvalue weighted by Gasteiger charge is 2.24. The first-order valence-corrected chi connectivity index (χ1v) is 8.20. The second-order valence-corrected chi connectivity index (χ2v) is 6.24. The van der Waals surface area contributed by atoms with Gasteiger partial charge in [0.05, 0.1) is 22.9 Å². The summed E-state index contributed by atoms with van der Waals surface area (Å²) in [6.45, 7) is 0. The van der Waals surface area contributed by atoms with Crippen LogP contribution in [0.25, 0.3) is 27.4 Å². The molecular weight excluding hydrogens is 316 g/mol. The Hall–Kier alpha value is -3.22. The van der Waals surface area contributed by atoms with Gasteiger partial charge < -0.3 is 11.5 Å². The molecule has 1 amide bonds. The Morgan fingerprint density at radius 3 is 2.72 bits per heavy atom. The lowest BCUT2D eigenvalue weighted by atomic mass is 9.85. The van der Waals surface area contributed by atoms with Crippen molar-refractivity contribution >= 4 is 39.0 Å². The minimum absolute atomic E-state index is 0.292. The first-order valence-electron chi connectivity index (χ1n) is 8.20. The van der Waals surface area contributed by atoms with Crippen molar-refractivity contribution in [2.24, 2.45) is 11.5 Å². The molecule has 7 nitrogen and oxygen atoms in total. The summed E-state index contributed by atoms with van der Waals surface area (Å²) in [6.07, 6.45) is 6.97. The van der Waals surface area contributed by atoms with Gasteiger partial charge in [-0.2, -0.15) is 5.10 Å². The van der Waals surface area contributed by atoms with Crippen LogP contribution in [-0.2, 0) is 17.6 Å². The van der Waals surface area contributed by atoms with Crippen molar-refractivity contribution in [1.29, 1.82) is 5.41 Å². The molecule has 0 radical (unpaired) electrons. The number of pyridine rings is 1. The third-order valence-electron chi connectivity index (χ3n) is 4.83. The number of rotatable bonds is 3. The van der Waals surface area contributed by atoms with Crippen LogP contribution in [0.3, 0.4) is 0 Å². The summed E-state index contributed by atoms with van der Waals surface area (Å²) in [5.41, 5.74) is 15.6. The van der Waals surface area contributed by atoms with Crippen molar-refractivity contribution < 1.29 is 4.79 Å². The van der Waals surface area contributed by atoms with Gasteiger partial charge in [0.25, 0.3) is 5.91 Å². The van der Waals surface area contributed by atoms with Crippen molar-refractivity contribution in [2.45, 2.75) is 25.7 Å². The molecule has 1 aromatic carbocycles. The van der Waals surface area contributed by atoms with Crippen molar-refractivity contribution in [3.63, 3.8) is 0 Å². The Morgan fingerprint density at radius 2 is 2.00 bits per heavy atom. The molecule has 126 valence electrons. The molecule has 25 heavy (non-hydrogen) atoms. The van der Waals surface area contributed by atoms with Gasteiger partial charge in [0.1, 0.15) is 5.71 Å². The van der Waals surface area contributed by atoms with E-state index in [-0.39, 0.29) is 5.71 Å². The number of fused-ring (bicyclic) bond motifs is 5. The van der Waals surface area contributed by atoms with Gasteiger partial charge in [-0.3, -0.25) is 15.3 Å². The molecule has 0 saturated heterocycles. The average molecular weight is 334 g/mol. The van der Waals surface area contributed by atoms with E-state index in [0.717, 1.165) is 53.1 Å². The van der Waals surface area contributed by atoms with Crippen LogP contribution in [-0.4, -0.2) is 26.8 Å². The van der Waals surface area contributed by atoms with E-state index in [1.165, 1.54) is 11.8 Å². The smallest absolute Gasteiger partial charge is 0.267 e. The number of amides is 1. The van der Waals surface area contributed by atoms with Gasteiger partial charge >= 0.3 is 0 Å². The number of aromatic nitrogens is 3. The molecule has 2 heterocycles. The zero-order valence-corrected chi connectivity index (χ0v) is 13.6. The van der Waals surface area contributed by atoms with Gasteiger partial charge in [-0.1, -0.05) is 0 Å². The molecule has 1 aliphatic carbocycles. The second kappa shape index (κ2) is 5.70. The molecule has 0 unspecified atom stereocenters. The number of hydrogen-bond donors (Lipinski definition) is 4. The van der Waals surface area contributed by atoms with E-state index in [0.29, 0.717) is 11.3 Å². The van der Waals surface area contributed by atoms with Gasteiger partial charge in [0.15, 0.2) is 0 Å². The van der Waals surface area contributed by atoms with E-state index >= 15 is 0 Å². The largest absolute Gasteiger partial charge is 0.404 e. The summed E-state index contributed by atoms with van der Waals surface area (Å²) >= 11 is 0. The van der Waals surface area contributed by atoms with Crippen LogP contribution in [0.2, 0.25) is 0 Å². The van der Waals surface area contributed by atoms with Gasteiger partial charge in [-0.25, -0.2) is 4.98 Å². The molecular formula is C18H18N6O. The van der Waals surface area contributed by atoms with E-state index in [1.807, 2.05) is 18.3 Å². The fraction of sp³-hybridized carbons (Fsp3) is 0.222. The Morgan fingerprint density at radius 1 is 1.24 bits per heavy atom. The molecule has 7 heteroatoms. The van der Waals surface area contributed by atoms with Crippen LogP contribution in [0.4, 0.5) is 0 Å². The highest BCUT2D eigenvalue weighted by atomic mass is 16.1. The predicted octanol–water partition coefficient (Wildman–Crippen LogP) is 1.79. The highest BCUT2D eigenvalue weighted by Crippen LogP contribution is 2.36. The van der Waals surface area contributed by atoms with E-state index in [9.17, 15) is 4.79 Å². The SMILES string of the molecule is N=C(C(N)=O)/C(=C\N)c1nc2ccc3[nH]ncc3c2c2c1CCCC2. The number of carbonyl (C=O) groups is 1. The van der Waals surface area contributed by atoms with Crippen LogP contribution >= 0.6 is 0 Å². The normalized spacial score (nSPS) is 14.6. The number of nitrogens with zero attached hydrogens (tertiary/aromatic N) is 2. The van der Waals surface area contributed by atoms with Gasteiger partial charge in [-0.05, 0) is 48.9 Å². The van der Waals surface area contributed by atoms with Crippen LogP contribution in [0.15, 0.2) is 24.5 Å². The average Bonchev–Trinajstić information content (AvgIpc) is 3.10. The lowest BCUT2D eigenvalue weighted by Crippen LogP contribution is -2.25.